The number of benzene rings is 1. The molecule has 0 atom stereocenters. The van der Waals surface area contributed by atoms with E-state index in [1.54, 1.807) is 18.2 Å². The number of hydrogen-bond donors (Lipinski definition) is 0. The van der Waals surface area contributed by atoms with Crippen LogP contribution in [0.1, 0.15) is 5.56 Å². The van der Waals surface area contributed by atoms with Gasteiger partial charge in [0.05, 0.1) is 12.9 Å². The summed E-state index contributed by atoms with van der Waals surface area (Å²) in [5.74, 6) is 0. The Morgan fingerprint density at radius 3 is 2.41 bits per heavy atom. The molecule has 6 heteroatoms. The first-order valence-corrected chi connectivity index (χ1v) is 5.86. The first-order valence-electron chi connectivity index (χ1n) is 4.73. The van der Waals surface area contributed by atoms with Gasteiger partial charge >= 0.3 is 0 Å². The molecule has 1 heterocycles. The zero-order valence-electron chi connectivity index (χ0n) is 8.53. The van der Waals surface area contributed by atoms with Crippen LogP contribution in [-0.2, 0) is 6.54 Å². The summed E-state index contributed by atoms with van der Waals surface area (Å²) in [7, 11) is 0. The lowest BCUT2D eigenvalue weighted by Crippen LogP contribution is -2.20. The maximum absolute atomic E-state index is 11.6. The van der Waals surface area contributed by atoms with Crippen molar-refractivity contribution in [1.82, 2.24) is 9.55 Å². The third kappa shape index (κ3) is 2.80. The zero-order chi connectivity index (χ0) is 12.4. The second-order valence-electron chi connectivity index (χ2n) is 3.38. The summed E-state index contributed by atoms with van der Waals surface area (Å²) in [5, 5.41) is 1.19. The number of rotatable bonds is 2. The molecule has 0 bridgehead atoms. The third-order valence-electron chi connectivity index (χ3n) is 2.24. The van der Waals surface area contributed by atoms with Crippen molar-refractivity contribution in [3.63, 3.8) is 0 Å². The lowest BCUT2D eigenvalue weighted by molar-refractivity contribution is 0.736. The molecule has 3 nitrogen and oxygen atoms in total. The van der Waals surface area contributed by atoms with E-state index in [0.717, 1.165) is 0 Å². The SMILES string of the molecule is O=c1cc(Cl)ncn1Cc1c(Cl)cccc1Cl. The van der Waals surface area contributed by atoms with E-state index in [1.165, 1.54) is 17.0 Å². The van der Waals surface area contributed by atoms with E-state index >= 15 is 0 Å². The fourth-order valence-corrected chi connectivity index (χ4v) is 2.03. The van der Waals surface area contributed by atoms with Gasteiger partial charge in [-0.1, -0.05) is 40.9 Å². The van der Waals surface area contributed by atoms with E-state index in [4.69, 9.17) is 34.8 Å². The third-order valence-corrected chi connectivity index (χ3v) is 3.15. The van der Waals surface area contributed by atoms with Gasteiger partial charge in [0.2, 0.25) is 0 Å². The minimum absolute atomic E-state index is 0.163. The van der Waals surface area contributed by atoms with Gasteiger partial charge in [-0.25, -0.2) is 4.98 Å². The molecule has 0 aliphatic rings. The first kappa shape index (κ1) is 12.4. The van der Waals surface area contributed by atoms with Gasteiger partial charge in [-0.3, -0.25) is 9.36 Å². The summed E-state index contributed by atoms with van der Waals surface area (Å²) in [5.41, 5.74) is 0.433. The highest BCUT2D eigenvalue weighted by Gasteiger charge is 2.07. The number of nitrogens with zero attached hydrogens (tertiary/aromatic N) is 2. The zero-order valence-corrected chi connectivity index (χ0v) is 10.8. The quantitative estimate of drug-likeness (QED) is 0.796. The van der Waals surface area contributed by atoms with E-state index < -0.39 is 0 Å². The molecule has 88 valence electrons. The molecule has 1 aromatic heterocycles. The monoisotopic (exact) mass is 288 g/mol. The van der Waals surface area contributed by atoms with Gasteiger partial charge in [0.1, 0.15) is 5.15 Å². The van der Waals surface area contributed by atoms with E-state index in [0.29, 0.717) is 15.6 Å². The smallest absolute Gasteiger partial charge is 0.255 e. The molecule has 0 amide bonds. The van der Waals surface area contributed by atoms with E-state index in [9.17, 15) is 4.79 Å². The van der Waals surface area contributed by atoms with E-state index in [2.05, 4.69) is 4.98 Å². The van der Waals surface area contributed by atoms with Gasteiger partial charge in [-0.15, -0.1) is 0 Å². The fourth-order valence-electron chi connectivity index (χ4n) is 1.38. The van der Waals surface area contributed by atoms with E-state index in [1.807, 2.05) is 0 Å². The molecule has 0 N–H and O–H groups in total. The van der Waals surface area contributed by atoms with Crippen molar-refractivity contribution >= 4 is 34.8 Å². The van der Waals surface area contributed by atoms with Crippen molar-refractivity contribution in [2.24, 2.45) is 0 Å². The van der Waals surface area contributed by atoms with Gasteiger partial charge in [-0.2, -0.15) is 0 Å². The van der Waals surface area contributed by atoms with Crippen LogP contribution in [0.4, 0.5) is 0 Å². The highest BCUT2D eigenvalue weighted by Crippen LogP contribution is 2.24. The summed E-state index contributed by atoms with van der Waals surface area (Å²) in [6.45, 7) is 0.265. The van der Waals surface area contributed by atoms with Crippen LogP contribution in [-0.4, -0.2) is 9.55 Å². The predicted molar refractivity (Wildman–Crippen MR) is 69.1 cm³/mol. The highest BCUT2D eigenvalue weighted by atomic mass is 35.5. The molecule has 0 saturated carbocycles. The van der Waals surface area contributed by atoms with E-state index in [-0.39, 0.29) is 17.3 Å². The summed E-state index contributed by atoms with van der Waals surface area (Å²) in [4.78, 5) is 15.5. The molecule has 1 aromatic carbocycles. The van der Waals surface area contributed by atoms with Crippen molar-refractivity contribution in [3.05, 3.63) is 61.7 Å². The Bertz CT molecular complexity index is 590. The molecular weight excluding hydrogens is 282 g/mol. The second-order valence-corrected chi connectivity index (χ2v) is 4.58. The molecule has 0 spiro atoms. The molecule has 0 aliphatic carbocycles. The second kappa shape index (κ2) is 5.08. The van der Waals surface area contributed by atoms with Crippen LogP contribution in [0, 0.1) is 0 Å². The number of halogens is 3. The topological polar surface area (TPSA) is 34.9 Å². The van der Waals surface area contributed by atoms with Crippen molar-refractivity contribution < 1.29 is 0 Å². The maximum atomic E-state index is 11.6. The Morgan fingerprint density at radius 2 is 1.82 bits per heavy atom. The maximum Gasteiger partial charge on any atom is 0.255 e. The molecule has 0 saturated heterocycles. The summed E-state index contributed by atoms with van der Waals surface area (Å²) in [6.07, 6.45) is 1.37. The molecule has 0 unspecified atom stereocenters. The van der Waals surface area contributed by atoms with Crippen molar-refractivity contribution in [3.8, 4) is 0 Å². The normalized spacial score (nSPS) is 10.5. The molecule has 2 aromatic rings. The predicted octanol–water partition coefficient (Wildman–Crippen LogP) is 3.25. The Kier molecular flexibility index (Phi) is 3.72. The largest absolute Gasteiger partial charge is 0.295 e. The highest BCUT2D eigenvalue weighted by molar-refractivity contribution is 6.36. The fraction of sp³-hybridized carbons (Fsp3) is 0.0909. The van der Waals surface area contributed by atoms with Gasteiger partial charge in [0, 0.05) is 21.7 Å². The Hall–Kier alpha value is -1.03. The van der Waals surface area contributed by atoms with Crippen molar-refractivity contribution in [2.45, 2.75) is 6.54 Å². The van der Waals surface area contributed by atoms with Crippen LogP contribution in [0.25, 0.3) is 0 Å². The van der Waals surface area contributed by atoms with Crippen LogP contribution in [0.5, 0.6) is 0 Å². The Morgan fingerprint density at radius 1 is 1.18 bits per heavy atom. The Labute approximate surface area is 113 Å². The minimum atomic E-state index is -0.249. The lowest BCUT2D eigenvalue weighted by Gasteiger charge is -2.08. The number of hydrogen-bond acceptors (Lipinski definition) is 2. The molecule has 0 aliphatic heterocycles. The van der Waals surface area contributed by atoms with Crippen LogP contribution in [0.15, 0.2) is 35.4 Å². The van der Waals surface area contributed by atoms with Gasteiger partial charge in [0.25, 0.3) is 5.56 Å². The lowest BCUT2D eigenvalue weighted by atomic mass is 10.2. The summed E-state index contributed by atoms with van der Waals surface area (Å²) < 4.78 is 1.39. The average molecular weight is 290 g/mol. The van der Waals surface area contributed by atoms with Crippen molar-refractivity contribution in [2.75, 3.05) is 0 Å². The average Bonchev–Trinajstić information content (AvgIpc) is 2.26. The van der Waals surface area contributed by atoms with Gasteiger partial charge in [0.15, 0.2) is 0 Å². The summed E-state index contributed by atoms with van der Waals surface area (Å²) in [6, 6.07) is 6.43. The van der Waals surface area contributed by atoms with Crippen LogP contribution < -0.4 is 5.56 Å². The van der Waals surface area contributed by atoms with Gasteiger partial charge < -0.3 is 0 Å². The number of aromatic nitrogens is 2. The van der Waals surface area contributed by atoms with Gasteiger partial charge in [-0.05, 0) is 12.1 Å². The molecule has 0 radical (unpaired) electrons. The standard InChI is InChI=1S/C11H7Cl3N2O/c12-8-2-1-3-9(13)7(8)5-16-6-15-10(14)4-11(16)17/h1-4,6H,5H2. The van der Waals surface area contributed by atoms with Crippen LogP contribution in [0.2, 0.25) is 15.2 Å². The summed E-state index contributed by atoms with van der Waals surface area (Å²) >= 11 is 17.6. The molecule has 0 fully saturated rings. The van der Waals surface area contributed by atoms with Crippen LogP contribution in [0.3, 0.4) is 0 Å². The minimum Gasteiger partial charge on any atom is -0.295 e. The first-order chi connectivity index (χ1) is 8.08. The molecule has 2 rings (SSSR count). The molecule has 17 heavy (non-hydrogen) atoms. The van der Waals surface area contributed by atoms with Crippen molar-refractivity contribution in [1.29, 1.82) is 0 Å². The molecular formula is C11H7Cl3N2O. The Balaban J connectivity index is 2.42. The van der Waals surface area contributed by atoms with Crippen LogP contribution >= 0.6 is 34.8 Å².